The van der Waals surface area contributed by atoms with Crippen molar-refractivity contribution in [1.29, 1.82) is 0 Å². The normalized spacial score (nSPS) is 17.4. The van der Waals surface area contributed by atoms with E-state index in [2.05, 4.69) is 40.0 Å². The number of anilines is 2. The van der Waals surface area contributed by atoms with Crippen molar-refractivity contribution < 1.29 is 4.79 Å². The lowest BCUT2D eigenvalue weighted by molar-refractivity contribution is 0.0946. The SMILES string of the molecule is O=C(NCCCN1CCN(c2ncccn2)CC1)c1nc(N2CCCC2)ncc1Cl. The van der Waals surface area contributed by atoms with Crippen molar-refractivity contribution in [2.24, 2.45) is 0 Å². The zero-order chi connectivity index (χ0) is 20.8. The summed E-state index contributed by atoms with van der Waals surface area (Å²) < 4.78 is 0. The number of hydrogen-bond donors (Lipinski definition) is 1. The summed E-state index contributed by atoms with van der Waals surface area (Å²) in [6.45, 7) is 7.10. The monoisotopic (exact) mass is 430 g/mol. The van der Waals surface area contributed by atoms with Gasteiger partial charge in [-0.15, -0.1) is 0 Å². The molecule has 2 aliphatic heterocycles. The summed E-state index contributed by atoms with van der Waals surface area (Å²) in [4.78, 5) is 36.5. The van der Waals surface area contributed by atoms with E-state index in [1.54, 1.807) is 12.4 Å². The van der Waals surface area contributed by atoms with E-state index < -0.39 is 0 Å². The van der Waals surface area contributed by atoms with Crippen LogP contribution in [0.2, 0.25) is 5.02 Å². The first-order valence-corrected chi connectivity index (χ1v) is 10.9. The molecule has 0 saturated carbocycles. The van der Waals surface area contributed by atoms with Crippen molar-refractivity contribution in [1.82, 2.24) is 30.2 Å². The Morgan fingerprint density at radius 1 is 0.967 bits per heavy atom. The summed E-state index contributed by atoms with van der Waals surface area (Å²) in [5.74, 6) is 1.13. The van der Waals surface area contributed by atoms with E-state index in [4.69, 9.17) is 11.6 Å². The van der Waals surface area contributed by atoms with E-state index in [-0.39, 0.29) is 16.6 Å². The molecule has 10 heteroatoms. The number of nitrogens with zero attached hydrogens (tertiary/aromatic N) is 7. The fraction of sp³-hybridized carbons (Fsp3) is 0.550. The van der Waals surface area contributed by atoms with Crippen LogP contribution in [-0.2, 0) is 0 Å². The first-order chi connectivity index (χ1) is 14.7. The lowest BCUT2D eigenvalue weighted by Gasteiger charge is -2.34. The Kier molecular flexibility index (Phi) is 6.91. The van der Waals surface area contributed by atoms with Crippen molar-refractivity contribution in [2.45, 2.75) is 19.3 Å². The average Bonchev–Trinajstić information content (AvgIpc) is 3.33. The fourth-order valence-electron chi connectivity index (χ4n) is 3.80. The highest BCUT2D eigenvalue weighted by Gasteiger charge is 2.20. The largest absolute Gasteiger partial charge is 0.351 e. The van der Waals surface area contributed by atoms with Crippen LogP contribution in [-0.4, -0.2) is 83.1 Å². The van der Waals surface area contributed by atoms with Crippen molar-refractivity contribution in [3.63, 3.8) is 0 Å². The highest BCUT2D eigenvalue weighted by Crippen LogP contribution is 2.19. The molecule has 0 aliphatic carbocycles. The number of halogens is 1. The number of rotatable bonds is 7. The third-order valence-corrected chi connectivity index (χ3v) is 5.76. The molecule has 160 valence electrons. The van der Waals surface area contributed by atoms with Crippen molar-refractivity contribution in [2.75, 3.05) is 62.2 Å². The highest BCUT2D eigenvalue weighted by atomic mass is 35.5. The Hall–Kier alpha value is -2.52. The Morgan fingerprint density at radius 2 is 1.67 bits per heavy atom. The summed E-state index contributed by atoms with van der Waals surface area (Å²) >= 11 is 6.17. The van der Waals surface area contributed by atoms with Crippen molar-refractivity contribution in [3.05, 3.63) is 35.4 Å². The van der Waals surface area contributed by atoms with Gasteiger partial charge in [0.15, 0.2) is 5.69 Å². The fourth-order valence-corrected chi connectivity index (χ4v) is 3.98. The summed E-state index contributed by atoms with van der Waals surface area (Å²) in [5.41, 5.74) is 0.255. The van der Waals surface area contributed by atoms with E-state index in [1.807, 2.05) is 6.07 Å². The van der Waals surface area contributed by atoms with E-state index in [9.17, 15) is 4.79 Å². The molecule has 2 aromatic rings. The van der Waals surface area contributed by atoms with E-state index >= 15 is 0 Å². The van der Waals surface area contributed by atoms with Gasteiger partial charge in [-0.2, -0.15) is 0 Å². The predicted molar refractivity (Wildman–Crippen MR) is 116 cm³/mol. The van der Waals surface area contributed by atoms with Crippen LogP contribution in [0.25, 0.3) is 0 Å². The molecule has 4 heterocycles. The second-order valence-electron chi connectivity index (χ2n) is 7.55. The van der Waals surface area contributed by atoms with Crippen molar-refractivity contribution >= 4 is 29.4 Å². The standard InChI is InChI=1S/C20H27ClN8O/c21-16-15-25-20(28-9-1-2-10-28)26-17(16)18(30)22-7-4-8-27-11-13-29(14-12-27)19-23-5-3-6-24-19/h3,5-6,15H,1-2,4,7-14H2,(H,22,30). The average molecular weight is 431 g/mol. The third-order valence-electron chi connectivity index (χ3n) is 5.48. The maximum absolute atomic E-state index is 12.5. The number of carbonyl (C=O) groups excluding carboxylic acids is 1. The maximum atomic E-state index is 12.5. The second kappa shape index (κ2) is 9.99. The number of carbonyl (C=O) groups is 1. The van der Waals surface area contributed by atoms with Crippen LogP contribution in [0.1, 0.15) is 29.8 Å². The minimum atomic E-state index is -0.242. The van der Waals surface area contributed by atoms with Crippen LogP contribution in [0.3, 0.4) is 0 Å². The van der Waals surface area contributed by atoms with Crippen LogP contribution in [0.5, 0.6) is 0 Å². The minimum Gasteiger partial charge on any atom is -0.351 e. The minimum absolute atomic E-state index is 0.242. The molecule has 2 aliphatic rings. The zero-order valence-corrected chi connectivity index (χ0v) is 17.8. The van der Waals surface area contributed by atoms with Gasteiger partial charge < -0.3 is 15.1 Å². The topological polar surface area (TPSA) is 90.4 Å². The van der Waals surface area contributed by atoms with Gasteiger partial charge >= 0.3 is 0 Å². The number of hydrogen-bond acceptors (Lipinski definition) is 8. The van der Waals surface area contributed by atoms with Crippen LogP contribution in [0.4, 0.5) is 11.9 Å². The molecule has 0 spiro atoms. The van der Waals surface area contributed by atoms with Gasteiger partial charge in [0.25, 0.3) is 5.91 Å². The van der Waals surface area contributed by atoms with Gasteiger partial charge in [0.1, 0.15) is 0 Å². The molecule has 1 N–H and O–H groups in total. The van der Waals surface area contributed by atoms with Crippen LogP contribution in [0.15, 0.2) is 24.7 Å². The lowest BCUT2D eigenvalue weighted by atomic mass is 10.3. The van der Waals surface area contributed by atoms with Crippen molar-refractivity contribution in [3.8, 4) is 0 Å². The lowest BCUT2D eigenvalue weighted by Crippen LogP contribution is -2.47. The number of amides is 1. The molecule has 0 atom stereocenters. The molecule has 0 bridgehead atoms. The van der Waals surface area contributed by atoms with Crippen LogP contribution >= 0.6 is 11.6 Å². The predicted octanol–water partition coefficient (Wildman–Crippen LogP) is 1.46. The molecule has 1 amide bonds. The molecule has 0 unspecified atom stereocenters. The number of nitrogens with one attached hydrogen (secondary N) is 1. The summed E-state index contributed by atoms with van der Waals surface area (Å²) in [5, 5.41) is 3.23. The smallest absolute Gasteiger partial charge is 0.271 e. The van der Waals surface area contributed by atoms with Gasteiger partial charge in [-0.05, 0) is 31.9 Å². The molecule has 4 rings (SSSR count). The third kappa shape index (κ3) is 5.14. The van der Waals surface area contributed by atoms with Gasteiger partial charge in [-0.3, -0.25) is 9.69 Å². The Labute approximate surface area is 181 Å². The second-order valence-corrected chi connectivity index (χ2v) is 7.95. The van der Waals surface area contributed by atoms with Gasteiger partial charge in [-0.25, -0.2) is 19.9 Å². The molecular formula is C20H27ClN8O. The maximum Gasteiger partial charge on any atom is 0.271 e. The Morgan fingerprint density at radius 3 is 2.40 bits per heavy atom. The molecule has 30 heavy (non-hydrogen) atoms. The van der Waals surface area contributed by atoms with Gasteiger partial charge in [-0.1, -0.05) is 11.6 Å². The Balaban J connectivity index is 1.20. The Bertz CT molecular complexity index is 838. The number of piperazine rings is 1. The first kappa shape index (κ1) is 20.7. The van der Waals surface area contributed by atoms with Crippen LogP contribution < -0.4 is 15.1 Å². The van der Waals surface area contributed by atoms with Gasteiger partial charge in [0.2, 0.25) is 11.9 Å². The zero-order valence-electron chi connectivity index (χ0n) is 17.0. The summed E-state index contributed by atoms with van der Waals surface area (Å²) in [6.07, 6.45) is 8.19. The van der Waals surface area contributed by atoms with E-state index in [1.165, 1.54) is 6.20 Å². The first-order valence-electron chi connectivity index (χ1n) is 10.5. The van der Waals surface area contributed by atoms with E-state index in [0.29, 0.717) is 12.5 Å². The molecule has 2 aromatic heterocycles. The van der Waals surface area contributed by atoms with Gasteiger partial charge in [0, 0.05) is 58.2 Å². The molecule has 2 fully saturated rings. The molecular weight excluding hydrogens is 404 g/mol. The van der Waals surface area contributed by atoms with Crippen LogP contribution in [0, 0.1) is 0 Å². The quantitative estimate of drug-likeness (QED) is 0.660. The molecule has 0 aromatic carbocycles. The molecule has 0 radical (unpaired) electrons. The molecule has 2 saturated heterocycles. The summed E-state index contributed by atoms with van der Waals surface area (Å²) in [6, 6.07) is 1.83. The van der Waals surface area contributed by atoms with E-state index in [0.717, 1.165) is 71.0 Å². The van der Waals surface area contributed by atoms with Gasteiger partial charge in [0.05, 0.1) is 11.2 Å². The molecule has 9 nitrogen and oxygen atoms in total. The number of aromatic nitrogens is 4. The summed E-state index contributed by atoms with van der Waals surface area (Å²) in [7, 11) is 0. The highest BCUT2D eigenvalue weighted by molar-refractivity contribution is 6.33.